The van der Waals surface area contributed by atoms with E-state index in [2.05, 4.69) is 59.8 Å². The molecule has 0 fully saturated rings. The number of Topliss-reactive ketones (excluding diaryl/α,β-unsaturated/α-hetero) is 4. The monoisotopic (exact) mass is 1420 g/mol. The van der Waals surface area contributed by atoms with Crippen LogP contribution in [0, 0.1) is 48.5 Å². The summed E-state index contributed by atoms with van der Waals surface area (Å²) < 4.78 is 87.1. The molecule has 534 valence electrons. The number of nitrogens with zero attached hydrogens (tertiary/aromatic N) is 12. The van der Waals surface area contributed by atoms with Gasteiger partial charge in [-0.2, -0.15) is 13.2 Å². The average molecular weight is 1420 g/mol. The first-order valence-corrected chi connectivity index (χ1v) is 32.8. The fourth-order valence-corrected chi connectivity index (χ4v) is 9.68. The zero-order valence-corrected chi connectivity index (χ0v) is 58.7. The van der Waals surface area contributed by atoms with E-state index in [1.807, 2.05) is 90.1 Å². The molecule has 0 aliphatic rings. The molecule has 0 aromatic carbocycles. The highest BCUT2D eigenvalue weighted by molar-refractivity contribution is 5.97. The average Bonchev–Trinajstić information content (AvgIpc) is 0.849. The van der Waals surface area contributed by atoms with Gasteiger partial charge >= 0.3 is 6.18 Å². The van der Waals surface area contributed by atoms with E-state index >= 15 is 0 Å². The van der Waals surface area contributed by atoms with Gasteiger partial charge in [0.05, 0.1) is 50.5 Å². The number of ether oxygens (including phenoxy) is 4. The molecule has 0 aliphatic heterocycles. The minimum atomic E-state index is -4.52. The summed E-state index contributed by atoms with van der Waals surface area (Å²) in [5, 5.41) is 0. The number of halogens is 5. The van der Waals surface area contributed by atoms with E-state index in [0.29, 0.717) is 68.7 Å². The maximum Gasteiger partial charge on any atom is 0.433 e. The van der Waals surface area contributed by atoms with Gasteiger partial charge in [-0.25, -0.2) is 33.7 Å². The van der Waals surface area contributed by atoms with Crippen LogP contribution in [-0.4, -0.2) is 82.9 Å². The molecule has 12 aromatic rings. The molecule has 12 aromatic heterocycles. The van der Waals surface area contributed by atoms with Crippen LogP contribution in [0.3, 0.4) is 0 Å². The van der Waals surface area contributed by atoms with E-state index in [0.717, 1.165) is 77.1 Å². The first-order valence-electron chi connectivity index (χ1n) is 32.8. The predicted molar refractivity (Wildman–Crippen MR) is 380 cm³/mol. The van der Waals surface area contributed by atoms with Gasteiger partial charge in [-0.3, -0.25) is 54.1 Å². The van der Waals surface area contributed by atoms with Crippen molar-refractivity contribution in [3.63, 3.8) is 0 Å². The molecule has 0 aliphatic carbocycles. The molecule has 0 unspecified atom stereocenters. The summed E-state index contributed by atoms with van der Waals surface area (Å²) in [6.45, 7) is 15.7. The molecular weight excluding hydrogens is 1350 g/mol. The van der Waals surface area contributed by atoms with Gasteiger partial charge < -0.3 is 18.9 Å². The van der Waals surface area contributed by atoms with Crippen molar-refractivity contribution in [1.82, 2.24) is 59.8 Å². The third-order valence-electron chi connectivity index (χ3n) is 14.8. The van der Waals surface area contributed by atoms with Gasteiger partial charge in [0.1, 0.15) is 74.5 Å². The number of carbonyl (C=O) groups excluding carboxylic acids is 4. The van der Waals surface area contributed by atoms with Gasteiger partial charge in [0, 0.05) is 149 Å². The molecular formula is C80H71F5N12O8. The number of pyridine rings is 12. The Hall–Kier alpha value is -12.7. The quantitative estimate of drug-likeness (QED) is 0.0451. The van der Waals surface area contributed by atoms with Crippen molar-refractivity contribution >= 4 is 23.1 Å². The van der Waals surface area contributed by atoms with E-state index in [1.54, 1.807) is 130 Å². The van der Waals surface area contributed by atoms with E-state index in [4.69, 9.17) is 18.9 Å². The van der Waals surface area contributed by atoms with Gasteiger partial charge in [-0.05, 0) is 151 Å². The van der Waals surface area contributed by atoms with Crippen LogP contribution in [0.4, 0.5) is 22.0 Å². The van der Waals surface area contributed by atoms with Crippen LogP contribution < -0.4 is 18.9 Å². The van der Waals surface area contributed by atoms with Crippen LogP contribution in [-0.2, 0) is 44.2 Å². The Labute approximate surface area is 602 Å². The van der Waals surface area contributed by atoms with Crippen molar-refractivity contribution in [3.8, 4) is 46.0 Å². The summed E-state index contributed by atoms with van der Waals surface area (Å²) in [6, 6.07) is 41.9. The zero-order chi connectivity index (χ0) is 75.2. The third-order valence-corrected chi connectivity index (χ3v) is 14.8. The number of ketones is 4. The molecule has 0 bridgehead atoms. The van der Waals surface area contributed by atoms with Crippen molar-refractivity contribution in [2.24, 2.45) is 0 Å². The third kappa shape index (κ3) is 24.3. The molecule has 20 nitrogen and oxygen atoms in total. The maximum absolute atomic E-state index is 13.3. The van der Waals surface area contributed by atoms with Crippen molar-refractivity contribution in [3.05, 3.63) is 310 Å². The number of alkyl halides is 5. The van der Waals surface area contributed by atoms with Crippen molar-refractivity contribution in [1.29, 1.82) is 0 Å². The number of aryl methyl sites for hydroxylation is 8. The van der Waals surface area contributed by atoms with Gasteiger partial charge in [-0.1, -0.05) is 25.1 Å². The molecule has 12 heterocycles. The van der Waals surface area contributed by atoms with Crippen LogP contribution in [0.5, 0.6) is 46.0 Å². The summed E-state index contributed by atoms with van der Waals surface area (Å²) in [5.41, 5.74) is 8.95. The fourth-order valence-electron chi connectivity index (χ4n) is 9.68. The summed E-state index contributed by atoms with van der Waals surface area (Å²) in [5.74, 6) is 0.126. The highest BCUT2D eigenvalue weighted by Gasteiger charge is 2.32. The molecule has 25 heteroatoms. The van der Waals surface area contributed by atoms with Crippen LogP contribution in [0.2, 0.25) is 0 Å². The SMILES string of the molecule is CCc1cccc(CC(=O)c2cc(Oc3cccnc3)cc(C)n2)n1.Cc1ccc(CC(=O)c2cc(Oc3ccc(C(F)(F)F)nc3)cc(C)n2)nc1.Cc1ccc(CC(=O)c2cc(Oc3cccnc3)cc(C)n2)nc1.Cc1ccc(Oc2cc(C)nc(C(=O)Cc3ccc(C(C)(F)F)cn3)c2)cn1. The van der Waals surface area contributed by atoms with E-state index in [-0.39, 0.29) is 77.3 Å². The highest BCUT2D eigenvalue weighted by atomic mass is 19.4. The lowest BCUT2D eigenvalue weighted by Gasteiger charge is -2.10. The summed E-state index contributed by atoms with van der Waals surface area (Å²) >= 11 is 0. The van der Waals surface area contributed by atoms with Crippen molar-refractivity contribution in [2.45, 2.75) is 107 Å². The minimum absolute atomic E-state index is 0.0441. The van der Waals surface area contributed by atoms with Gasteiger partial charge in [0.25, 0.3) is 5.92 Å². The second kappa shape index (κ2) is 35.8. The number of hydrogen-bond donors (Lipinski definition) is 0. The number of rotatable bonds is 22. The molecule has 0 radical (unpaired) electrons. The van der Waals surface area contributed by atoms with Crippen molar-refractivity contribution in [2.75, 3.05) is 0 Å². The van der Waals surface area contributed by atoms with Gasteiger partial charge in [0.2, 0.25) is 0 Å². The van der Waals surface area contributed by atoms with Crippen LogP contribution in [0.15, 0.2) is 207 Å². The van der Waals surface area contributed by atoms with Crippen LogP contribution in [0.1, 0.15) is 135 Å². The number of hydrogen-bond acceptors (Lipinski definition) is 20. The lowest BCUT2D eigenvalue weighted by molar-refractivity contribution is -0.141. The standard InChI is InChI=1S/C21H19F2N3O2.C20H16F3N3O2.C20H19N3O2.C19H17N3O2/c1-13-4-7-17(12-24-13)28-18-8-14(2)26-19(10-18)20(27)9-16-6-5-15(11-25-16)21(3,22)23;1-12-3-4-14(24-10-12)8-18(27)17-9-16(7-13(2)26-17)28-15-5-6-19(25-11-15)20(21,22)23;1-3-15-6-4-7-16(23-15)11-20(24)19-12-18(10-14(2)22-19)25-17-8-5-9-21-13-17;1-13-5-6-15(21-11-13)9-19(23)18-10-17(8-14(2)22-18)24-16-4-3-7-20-12-16/h4-8,10-12H,9H2,1-3H3;3-7,9-11H,8H2,1-2H3;4-10,12-13H,3,11H2,1-2H3;3-8,10-12H,9H2,1-2H3. The van der Waals surface area contributed by atoms with Gasteiger partial charge in [-0.15, -0.1) is 0 Å². The van der Waals surface area contributed by atoms with Crippen LogP contribution in [0.25, 0.3) is 0 Å². The lowest BCUT2D eigenvalue weighted by Crippen LogP contribution is -2.11. The summed E-state index contributed by atoms with van der Waals surface area (Å²) in [4.78, 5) is 99.8. The molecule has 105 heavy (non-hydrogen) atoms. The number of aromatic nitrogens is 12. The Bertz CT molecular complexity index is 4940. The van der Waals surface area contributed by atoms with Crippen LogP contribution >= 0.6 is 0 Å². The molecule has 0 saturated carbocycles. The lowest BCUT2D eigenvalue weighted by atomic mass is 10.1. The van der Waals surface area contributed by atoms with Gasteiger partial charge in [0.15, 0.2) is 23.1 Å². The fraction of sp³-hybridized carbons (Fsp3) is 0.200. The Balaban J connectivity index is 0.000000162. The highest BCUT2D eigenvalue weighted by Crippen LogP contribution is 2.32. The van der Waals surface area contributed by atoms with E-state index in [9.17, 15) is 41.1 Å². The second-order valence-corrected chi connectivity index (χ2v) is 24.1. The predicted octanol–water partition coefficient (Wildman–Crippen LogP) is 17.2. The normalized spacial score (nSPS) is 10.9. The molecule has 0 saturated heterocycles. The van der Waals surface area contributed by atoms with Crippen molar-refractivity contribution < 1.29 is 60.1 Å². The summed E-state index contributed by atoms with van der Waals surface area (Å²) in [6.07, 6.45) is 10.5. The molecule has 0 atom stereocenters. The Morgan fingerprint density at radius 3 is 1.05 bits per heavy atom. The second-order valence-electron chi connectivity index (χ2n) is 24.1. The first-order chi connectivity index (χ1) is 50.1. The smallest absolute Gasteiger partial charge is 0.433 e. The van der Waals surface area contributed by atoms with E-state index in [1.165, 1.54) is 24.3 Å². The topological polar surface area (TPSA) is 260 Å². The molecule has 0 N–H and O–H groups in total. The van der Waals surface area contributed by atoms with E-state index < -0.39 is 17.8 Å². The Morgan fingerprint density at radius 1 is 0.343 bits per heavy atom. The first kappa shape index (κ1) is 76.5. The number of carbonyl (C=O) groups is 4. The Morgan fingerprint density at radius 2 is 0.724 bits per heavy atom. The summed E-state index contributed by atoms with van der Waals surface area (Å²) in [7, 11) is 0. The maximum atomic E-state index is 13.3. The molecule has 0 spiro atoms. The minimum Gasteiger partial charge on any atom is -0.456 e. The largest absolute Gasteiger partial charge is 0.456 e. The molecule has 0 amide bonds. The Kier molecular flexibility index (Phi) is 26.1. The zero-order valence-electron chi connectivity index (χ0n) is 58.7. The molecule has 12 rings (SSSR count).